The minimum Gasteiger partial charge on any atom is -0.463 e. The second-order valence-corrected chi connectivity index (χ2v) is 5.18. The third-order valence-electron chi connectivity index (χ3n) is 3.59. The number of esters is 1. The largest absolute Gasteiger partial charge is 0.463 e. The van der Waals surface area contributed by atoms with Gasteiger partial charge in [-0.05, 0) is 43.2 Å². The third-order valence-corrected chi connectivity index (χ3v) is 3.59. The van der Waals surface area contributed by atoms with Crippen LogP contribution in [0.3, 0.4) is 0 Å². The van der Waals surface area contributed by atoms with Gasteiger partial charge in [0.05, 0.1) is 12.3 Å². The highest BCUT2D eigenvalue weighted by atomic mass is 16.5. The Hall–Kier alpha value is -1.90. The number of nitrogens with zero attached hydrogens (tertiary/aromatic N) is 1. The summed E-state index contributed by atoms with van der Waals surface area (Å²) in [6.07, 6.45) is 3.24. The molecule has 0 atom stereocenters. The first kappa shape index (κ1) is 13.5. The molecule has 2 rings (SSSR count). The standard InChI is InChI=1S/C16H19NO2/c1-5-19-15(18)9-7-12-6-8-14-13(10-12)16(3,4)11(2)17-14/h6-10H,5H2,1-4H3/b9-7+. The molecule has 1 aromatic carbocycles. The zero-order valence-electron chi connectivity index (χ0n) is 11.9. The van der Waals surface area contributed by atoms with Crippen molar-refractivity contribution in [3.05, 3.63) is 35.4 Å². The molecule has 100 valence electrons. The van der Waals surface area contributed by atoms with Gasteiger partial charge in [-0.2, -0.15) is 0 Å². The number of carbonyl (C=O) groups excluding carboxylic acids is 1. The SMILES string of the molecule is CCOC(=O)/C=C/c1ccc2c(c1)C(C)(C)C(C)=N2. The molecule has 0 aromatic heterocycles. The van der Waals surface area contributed by atoms with E-state index in [-0.39, 0.29) is 11.4 Å². The van der Waals surface area contributed by atoms with Crippen LogP contribution in [-0.2, 0) is 14.9 Å². The maximum atomic E-state index is 11.3. The molecular weight excluding hydrogens is 238 g/mol. The normalized spacial score (nSPS) is 16.3. The number of hydrogen-bond donors (Lipinski definition) is 0. The Balaban J connectivity index is 2.25. The van der Waals surface area contributed by atoms with Crippen molar-refractivity contribution in [3.8, 4) is 0 Å². The summed E-state index contributed by atoms with van der Waals surface area (Å²) in [5.41, 5.74) is 4.30. The summed E-state index contributed by atoms with van der Waals surface area (Å²) in [6.45, 7) is 8.57. The molecule has 0 N–H and O–H groups in total. The summed E-state index contributed by atoms with van der Waals surface area (Å²) in [5, 5.41) is 0. The summed E-state index contributed by atoms with van der Waals surface area (Å²) in [5.74, 6) is -0.310. The maximum absolute atomic E-state index is 11.3. The van der Waals surface area contributed by atoms with E-state index in [0.717, 1.165) is 17.0 Å². The Morgan fingerprint density at radius 1 is 1.42 bits per heavy atom. The Kier molecular flexibility index (Phi) is 3.56. The van der Waals surface area contributed by atoms with E-state index in [2.05, 4.69) is 24.9 Å². The molecule has 0 saturated carbocycles. The average molecular weight is 257 g/mol. The van der Waals surface area contributed by atoms with Gasteiger partial charge in [-0.25, -0.2) is 4.79 Å². The number of carbonyl (C=O) groups is 1. The van der Waals surface area contributed by atoms with Crippen LogP contribution in [0, 0.1) is 0 Å². The van der Waals surface area contributed by atoms with Gasteiger partial charge in [-0.15, -0.1) is 0 Å². The number of fused-ring (bicyclic) bond motifs is 1. The van der Waals surface area contributed by atoms with Crippen LogP contribution in [0.15, 0.2) is 29.3 Å². The minimum absolute atomic E-state index is 0.0386. The summed E-state index contributed by atoms with van der Waals surface area (Å²) in [7, 11) is 0. The van der Waals surface area contributed by atoms with Crippen LogP contribution in [0.25, 0.3) is 6.08 Å². The van der Waals surface area contributed by atoms with Crippen molar-refractivity contribution in [2.24, 2.45) is 4.99 Å². The summed E-state index contributed by atoms with van der Waals surface area (Å²) < 4.78 is 4.87. The maximum Gasteiger partial charge on any atom is 0.330 e. The quantitative estimate of drug-likeness (QED) is 0.612. The number of aliphatic imine (C=N–C) groups is 1. The molecule has 19 heavy (non-hydrogen) atoms. The van der Waals surface area contributed by atoms with E-state index in [0.29, 0.717) is 6.61 Å². The van der Waals surface area contributed by atoms with Crippen molar-refractivity contribution >= 4 is 23.4 Å². The van der Waals surface area contributed by atoms with Crippen LogP contribution in [0.2, 0.25) is 0 Å². The smallest absolute Gasteiger partial charge is 0.330 e. The lowest BCUT2D eigenvalue weighted by Crippen LogP contribution is -2.22. The molecule has 0 bridgehead atoms. The lowest BCUT2D eigenvalue weighted by molar-refractivity contribution is -0.137. The molecule has 3 nitrogen and oxygen atoms in total. The van der Waals surface area contributed by atoms with Crippen LogP contribution in [0.4, 0.5) is 5.69 Å². The highest BCUT2D eigenvalue weighted by molar-refractivity contribution is 5.99. The van der Waals surface area contributed by atoms with Gasteiger partial charge in [0.25, 0.3) is 0 Å². The van der Waals surface area contributed by atoms with E-state index >= 15 is 0 Å². The molecule has 0 unspecified atom stereocenters. The van der Waals surface area contributed by atoms with Gasteiger partial charge in [0.2, 0.25) is 0 Å². The third kappa shape index (κ3) is 2.60. The van der Waals surface area contributed by atoms with Crippen LogP contribution >= 0.6 is 0 Å². The summed E-state index contributed by atoms with van der Waals surface area (Å²) >= 11 is 0. The van der Waals surface area contributed by atoms with Crippen LogP contribution in [0.1, 0.15) is 38.8 Å². The molecule has 1 heterocycles. The molecule has 0 radical (unpaired) electrons. The predicted octanol–water partition coefficient (Wildman–Crippen LogP) is 3.65. The minimum atomic E-state index is -0.310. The van der Waals surface area contributed by atoms with Crippen molar-refractivity contribution < 1.29 is 9.53 Å². The van der Waals surface area contributed by atoms with Gasteiger partial charge < -0.3 is 4.74 Å². The van der Waals surface area contributed by atoms with Crippen molar-refractivity contribution in [3.63, 3.8) is 0 Å². The zero-order chi connectivity index (χ0) is 14.0. The van der Waals surface area contributed by atoms with E-state index in [1.54, 1.807) is 13.0 Å². The van der Waals surface area contributed by atoms with Gasteiger partial charge in [0, 0.05) is 17.2 Å². The first-order chi connectivity index (χ1) is 8.95. The fraction of sp³-hybridized carbons (Fsp3) is 0.375. The van der Waals surface area contributed by atoms with Gasteiger partial charge in [0.1, 0.15) is 0 Å². The first-order valence-corrected chi connectivity index (χ1v) is 6.50. The second kappa shape index (κ2) is 5.00. The van der Waals surface area contributed by atoms with E-state index in [1.165, 1.54) is 11.6 Å². The Morgan fingerprint density at radius 3 is 2.84 bits per heavy atom. The molecular formula is C16H19NO2. The number of hydrogen-bond acceptors (Lipinski definition) is 3. The van der Waals surface area contributed by atoms with E-state index < -0.39 is 0 Å². The van der Waals surface area contributed by atoms with Crippen molar-refractivity contribution in [1.29, 1.82) is 0 Å². The van der Waals surface area contributed by atoms with Crippen molar-refractivity contribution in [2.45, 2.75) is 33.1 Å². The average Bonchev–Trinajstić information content (AvgIpc) is 2.59. The lowest BCUT2D eigenvalue weighted by atomic mass is 9.81. The van der Waals surface area contributed by atoms with Crippen LogP contribution in [-0.4, -0.2) is 18.3 Å². The van der Waals surface area contributed by atoms with Crippen LogP contribution < -0.4 is 0 Å². The van der Waals surface area contributed by atoms with Crippen molar-refractivity contribution in [1.82, 2.24) is 0 Å². The fourth-order valence-electron chi connectivity index (χ4n) is 2.13. The van der Waals surface area contributed by atoms with Gasteiger partial charge in [-0.1, -0.05) is 19.9 Å². The van der Waals surface area contributed by atoms with Gasteiger partial charge >= 0.3 is 5.97 Å². The number of ether oxygens (including phenoxy) is 1. The van der Waals surface area contributed by atoms with E-state index in [4.69, 9.17) is 4.74 Å². The highest BCUT2D eigenvalue weighted by Crippen LogP contribution is 2.40. The lowest BCUT2D eigenvalue weighted by Gasteiger charge is -2.20. The zero-order valence-corrected chi connectivity index (χ0v) is 11.9. The summed E-state index contributed by atoms with van der Waals surface area (Å²) in [6, 6.07) is 6.05. The molecule has 0 spiro atoms. The first-order valence-electron chi connectivity index (χ1n) is 6.50. The second-order valence-electron chi connectivity index (χ2n) is 5.18. The van der Waals surface area contributed by atoms with E-state index in [1.807, 2.05) is 19.1 Å². The predicted molar refractivity (Wildman–Crippen MR) is 77.9 cm³/mol. The van der Waals surface area contributed by atoms with Crippen molar-refractivity contribution in [2.75, 3.05) is 6.61 Å². The van der Waals surface area contributed by atoms with Gasteiger partial charge in [-0.3, -0.25) is 4.99 Å². The molecule has 1 aliphatic heterocycles. The van der Waals surface area contributed by atoms with Gasteiger partial charge in [0.15, 0.2) is 0 Å². The molecule has 1 aromatic rings. The Labute approximate surface area is 114 Å². The number of benzene rings is 1. The van der Waals surface area contributed by atoms with E-state index in [9.17, 15) is 4.79 Å². The highest BCUT2D eigenvalue weighted by Gasteiger charge is 2.31. The molecule has 0 aliphatic carbocycles. The monoisotopic (exact) mass is 257 g/mol. The summed E-state index contributed by atoms with van der Waals surface area (Å²) in [4.78, 5) is 15.9. The Morgan fingerprint density at radius 2 is 2.16 bits per heavy atom. The molecule has 0 amide bonds. The molecule has 0 fully saturated rings. The fourth-order valence-corrected chi connectivity index (χ4v) is 2.13. The Bertz CT molecular complexity index is 568. The topological polar surface area (TPSA) is 38.7 Å². The molecule has 3 heteroatoms. The molecule has 0 saturated heterocycles. The number of rotatable bonds is 3. The van der Waals surface area contributed by atoms with Crippen LogP contribution in [0.5, 0.6) is 0 Å². The molecule has 1 aliphatic rings.